The zero-order valence-electron chi connectivity index (χ0n) is 11.9. The third kappa shape index (κ3) is 5.87. The molecule has 0 fully saturated rings. The van der Waals surface area contributed by atoms with Crippen molar-refractivity contribution in [3.05, 3.63) is 35.9 Å². The summed E-state index contributed by atoms with van der Waals surface area (Å²) >= 11 is 0. The molecule has 0 saturated heterocycles. The molecule has 20 heavy (non-hydrogen) atoms. The second-order valence-electron chi connectivity index (χ2n) is 4.73. The van der Waals surface area contributed by atoms with Crippen molar-refractivity contribution < 1.29 is 19.4 Å². The predicted molar refractivity (Wildman–Crippen MR) is 76.4 cm³/mol. The fourth-order valence-corrected chi connectivity index (χ4v) is 2.08. The van der Waals surface area contributed by atoms with Crippen LogP contribution in [-0.4, -0.2) is 23.7 Å². The van der Waals surface area contributed by atoms with Gasteiger partial charge in [0.15, 0.2) is 5.92 Å². The molecule has 0 saturated carbocycles. The number of aryl methyl sites for hydroxylation is 1. The van der Waals surface area contributed by atoms with E-state index in [1.54, 1.807) is 6.92 Å². The van der Waals surface area contributed by atoms with E-state index in [2.05, 4.69) is 12.1 Å². The Kier molecular flexibility index (Phi) is 7.40. The van der Waals surface area contributed by atoms with Gasteiger partial charge in [0.2, 0.25) is 0 Å². The topological polar surface area (TPSA) is 63.6 Å². The van der Waals surface area contributed by atoms with Gasteiger partial charge < -0.3 is 9.84 Å². The summed E-state index contributed by atoms with van der Waals surface area (Å²) in [6.07, 6.45) is 3.97. The molecule has 0 aromatic heterocycles. The first-order chi connectivity index (χ1) is 9.65. The van der Waals surface area contributed by atoms with Gasteiger partial charge in [-0.2, -0.15) is 0 Å². The Morgan fingerprint density at radius 1 is 1.15 bits per heavy atom. The molecule has 4 nitrogen and oxygen atoms in total. The van der Waals surface area contributed by atoms with Crippen molar-refractivity contribution in [2.45, 2.75) is 39.0 Å². The predicted octanol–water partition coefficient (Wildman–Crippen LogP) is 3.05. The molecule has 1 rings (SSSR count). The fourth-order valence-electron chi connectivity index (χ4n) is 2.08. The van der Waals surface area contributed by atoms with Crippen LogP contribution in [0.4, 0.5) is 0 Å². The lowest BCUT2D eigenvalue weighted by atomic mass is 10.00. The average molecular weight is 278 g/mol. The highest BCUT2D eigenvalue weighted by molar-refractivity contribution is 5.93. The molecule has 110 valence electrons. The maximum Gasteiger partial charge on any atom is 0.320 e. The summed E-state index contributed by atoms with van der Waals surface area (Å²) in [5, 5.41) is 9.00. The van der Waals surface area contributed by atoms with Gasteiger partial charge >= 0.3 is 11.9 Å². The fraction of sp³-hybridized carbons (Fsp3) is 0.500. The lowest BCUT2D eigenvalue weighted by Gasteiger charge is -2.10. The van der Waals surface area contributed by atoms with Crippen molar-refractivity contribution in [2.24, 2.45) is 5.92 Å². The number of rotatable bonds is 9. The number of benzene rings is 1. The summed E-state index contributed by atoms with van der Waals surface area (Å²) in [6.45, 7) is 1.90. The number of aliphatic carboxylic acids is 1. The summed E-state index contributed by atoms with van der Waals surface area (Å²) < 4.78 is 4.77. The van der Waals surface area contributed by atoms with E-state index in [1.807, 2.05) is 18.2 Å². The van der Waals surface area contributed by atoms with Crippen molar-refractivity contribution in [2.75, 3.05) is 6.61 Å². The van der Waals surface area contributed by atoms with Gasteiger partial charge in [-0.15, -0.1) is 0 Å². The van der Waals surface area contributed by atoms with E-state index >= 15 is 0 Å². The lowest BCUT2D eigenvalue weighted by Crippen LogP contribution is -2.25. The van der Waals surface area contributed by atoms with Crippen molar-refractivity contribution in [1.29, 1.82) is 0 Å². The molecule has 0 aliphatic heterocycles. The second kappa shape index (κ2) is 9.13. The molecule has 0 aliphatic carbocycles. The molecule has 4 heteroatoms. The number of hydrogen-bond acceptors (Lipinski definition) is 3. The van der Waals surface area contributed by atoms with Gasteiger partial charge in [0, 0.05) is 0 Å². The van der Waals surface area contributed by atoms with Crippen LogP contribution in [0, 0.1) is 5.92 Å². The van der Waals surface area contributed by atoms with Crippen LogP contribution in [0.15, 0.2) is 30.3 Å². The highest BCUT2D eigenvalue weighted by Gasteiger charge is 2.26. The number of hydrogen-bond donors (Lipinski definition) is 1. The normalized spacial score (nSPS) is 11.8. The minimum Gasteiger partial charge on any atom is -0.481 e. The molecule has 0 amide bonds. The highest BCUT2D eigenvalue weighted by Crippen LogP contribution is 2.14. The van der Waals surface area contributed by atoms with E-state index in [0.29, 0.717) is 6.42 Å². The van der Waals surface area contributed by atoms with Crippen molar-refractivity contribution in [1.82, 2.24) is 0 Å². The maximum atomic E-state index is 11.5. The Labute approximate surface area is 119 Å². The molecule has 0 spiro atoms. The molecule has 0 unspecified atom stereocenters. The Balaban J connectivity index is 2.24. The summed E-state index contributed by atoms with van der Waals surface area (Å²) in [6, 6.07) is 10.2. The second-order valence-corrected chi connectivity index (χ2v) is 4.73. The lowest BCUT2D eigenvalue weighted by molar-refractivity contribution is -0.158. The molecule has 1 N–H and O–H groups in total. The van der Waals surface area contributed by atoms with Crippen LogP contribution in [-0.2, 0) is 20.7 Å². The number of ether oxygens (including phenoxy) is 1. The molecule has 1 atom stereocenters. The van der Waals surface area contributed by atoms with E-state index in [0.717, 1.165) is 25.7 Å². The van der Waals surface area contributed by atoms with E-state index < -0.39 is 17.9 Å². The van der Waals surface area contributed by atoms with Crippen molar-refractivity contribution in [3.8, 4) is 0 Å². The summed E-state index contributed by atoms with van der Waals surface area (Å²) in [5.74, 6) is -2.73. The number of carboxylic acid groups (broad SMARTS) is 1. The van der Waals surface area contributed by atoms with Gasteiger partial charge in [0.05, 0.1) is 6.61 Å². The third-order valence-electron chi connectivity index (χ3n) is 3.17. The van der Waals surface area contributed by atoms with Crippen molar-refractivity contribution in [3.63, 3.8) is 0 Å². The zero-order chi connectivity index (χ0) is 14.8. The number of carbonyl (C=O) groups excluding carboxylic acids is 1. The average Bonchev–Trinajstić information content (AvgIpc) is 2.43. The maximum absolute atomic E-state index is 11.5. The van der Waals surface area contributed by atoms with E-state index in [-0.39, 0.29) is 6.61 Å². The first kappa shape index (κ1) is 16.2. The summed E-state index contributed by atoms with van der Waals surface area (Å²) in [4.78, 5) is 22.5. The van der Waals surface area contributed by atoms with Crippen LogP contribution in [0.2, 0.25) is 0 Å². The number of esters is 1. The Morgan fingerprint density at radius 2 is 1.85 bits per heavy atom. The molecule has 1 aromatic carbocycles. The van der Waals surface area contributed by atoms with Crippen LogP contribution in [0.1, 0.15) is 38.2 Å². The Hall–Kier alpha value is -1.84. The molecule has 0 bridgehead atoms. The molecular formula is C16H22O4. The van der Waals surface area contributed by atoms with E-state index in [1.165, 1.54) is 5.56 Å². The zero-order valence-corrected chi connectivity index (χ0v) is 11.9. The first-order valence-electron chi connectivity index (χ1n) is 7.08. The van der Waals surface area contributed by atoms with E-state index in [9.17, 15) is 9.59 Å². The third-order valence-corrected chi connectivity index (χ3v) is 3.17. The molecule has 0 radical (unpaired) electrons. The Bertz CT molecular complexity index is 414. The number of unbranched alkanes of at least 4 members (excludes halogenated alkanes) is 2. The van der Waals surface area contributed by atoms with Gasteiger partial charge in [-0.25, -0.2) is 0 Å². The van der Waals surface area contributed by atoms with Crippen LogP contribution in [0.5, 0.6) is 0 Å². The molecule has 0 aliphatic rings. The van der Waals surface area contributed by atoms with E-state index in [4.69, 9.17) is 9.84 Å². The summed E-state index contributed by atoms with van der Waals surface area (Å²) in [5.41, 5.74) is 1.28. The van der Waals surface area contributed by atoms with Crippen molar-refractivity contribution >= 4 is 11.9 Å². The van der Waals surface area contributed by atoms with Gasteiger partial charge in [-0.05, 0) is 31.7 Å². The van der Waals surface area contributed by atoms with Crippen LogP contribution in [0.25, 0.3) is 0 Å². The quantitative estimate of drug-likeness (QED) is 0.428. The van der Waals surface area contributed by atoms with Gasteiger partial charge in [-0.1, -0.05) is 43.2 Å². The Morgan fingerprint density at radius 3 is 2.45 bits per heavy atom. The van der Waals surface area contributed by atoms with Gasteiger partial charge in [-0.3, -0.25) is 9.59 Å². The van der Waals surface area contributed by atoms with Gasteiger partial charge in [0.25, 0.3) is 0 Å². The van der Waals surface area contributed by atoms with Gasteiger partial charge in [0.1, 0.15) is 0 Å². The highest BCUT2D eigenvalue weighted by atomic mass is 16.5. The molecular weight excluding hydrogens is 256 g/mol. The van der Waals surface area contributed by atoms with Crippen LogP contribution >= 0.6 is 0 Å². The smallest absolute Gasteiger partial charge is 0.320 e. The first-order valence-corrected chi connectivity index (χ1v) is 7.08. The molecule has 0 heterocycles. The summed E-state index contributed by atoms with van der Waals surface area (Å²) in [7, 11) is 0. The minimum absolute atomic E-state index is 0.219. The minimum atomic E-state index is -1.09. The number of carboxylic acids is 1. The monoisotopic (exact) mass is 278 g/mol. The standard InChI is InChI=1S/C16H22O4/c1-2-20-16(19)14(15(17)18)12-8-4-7-11-13-9-5-3-6-10-13/h3,5-6,9-10,14H,2,4,7-8,11-12H2,1H3,(H,17,18)/t14-/m0/s1. The SMILES string of the molecule is CCOC(=O)[C@@H](CCCCCc1ccccc1)C(=O)O. The largest absolute Gasteiger partial charge is 0.481 e. The van der Waals surface area contributed by atoms with Crippen LogP contribution < -0.4 is 0 Å². The number of carbonyl (C=O) groups is 2. The van der Waals surface area contributed by atoms with Crippen LogP contribution in [0.3, 0.4) is 0 Å². The molecule has 1 aromatic rings.